The van der Waals surface area contributed by atoms with E-state index in [0.717, 1.165) is 72.8 Å². The molecule has 0 spiro atoms. The third-order valence-electron chi connectivity index (χ3n) is 5.65. The van der Waals surface area contributed by atoms with E-state index in [9.17, 15) is 0 Å². The van der Waals surface area contributed by atoms with Crippen LogP contribution in [0.5, 0.6) is 0 Å². The van der Waals surface area contributed by atoms with E-state index in [1.54, 1.807) is 0 Å². The summed E-state index contributed by atoms with van der Waals surface area (Å²) in [5.41, 5.74) is 3.32. The SMILES string of the molecule is c1ccc(CCNc2cc(-c3cc4cnccc4c(N4CCNCC4)n3)ccn2)cc1. The zero-order valence-electron chi connectivity index (χ0n) is 17.5. The summed E-state index contributed by atoms with van der Waals surface area (Å²) in [6, 6.07) is 18.8. The summed E-state index contributed by atoms with van der Waals surface area (Å²) in [7, 11) is 0. The van der Waals surface area contributed by atoms with Gasteiger partial charge in [0.25, 0.3) is 0 Å². The Labute approximate surface area is 182 Å². The Balaban J connectivity index is 1.41. The summed E-state index contributed by atoms with van der Waals surface area (Å²) < 4.78 is 0. The van der Waals surface area contributed by atoms with Crippen LogP contribution in [0.2, 0.25) is 0 Å². The maximum absolute atomic E-state index is 5.08. The lowest BCUT2D eigenvalue weighted by atomic mass is 10.1. The van der Waals surface area contributed by atoms with E-state index in [4.69, 9.17) is 4.98 Å². The molecule has 0 amide bonds. The standard InChI is InChI=1S/C25H26N6/c1-2-4-19(5-3-1)6-10-28-24-17-20(7-11-29-24)23-16-21-18-27-9-8-22(21)25(30-23)31-14-12-26-13-15-31/h1-5,7-9,11,16-18,26H,6,10,12-15H2,(H,28,29). The summed E-state index contributed by atoms with van der Waals surface area (Å²) in [6.45, 7) is 4.70. The van der Waals surface area contributed by atoms with E-state index in [1.807, 2.05) is 30.7 Å². The van der Waals surface area contributed by atoms with Crippen LogP contribution in [0, 0.1) is 0 Å². The zero-order chi connectivity index (χ0) is 20.9. The molecule has 5 rings (SSSR count). The van der Waals surface area contributed by atoms with Crippen LogP contribution in [0.4, 0.5) is 11.6 Å². The third kappa shape index (κ3) is 4.49. The van der Waals surface area contributed by atoms with Gasteiger partial charge in [-0.25, -0.2) is 9.97 Å². The molecule has 0 aliphatic carbocycles. The minimum absolute atomic E-state index is 0.835. The molecule has 0 saturated carbocycles. The van der Waals surface area contributed by atoms with Crippen molar-refractivity contribution in [3.63, 3.8) is 0 Å². The first-order valence-corrected chi connectivity index (χ1v) is 10.8. The maximum atomic E-state index is 5.08. The molecule has 31 heavy (non-hydrogen) atoms. The summed E-state index contributed by atoms with van der Waals surface area (Å²) in [4.78, 5) is 16.3. The minimum Gasteiger partial charge on any atom is -0.370 e. The third-order valence-corrected chi connectivity index (χ3v) is 5.65. The van der Waals surface area contributed by atoms with Crippen molar-refractivity contribution < 1.29 is 0 Å². The molecule has 3 aromatic heterocycles. The number of hydrogen-bond donors (Lipinski definition) is 2. The first-order valence-electron chi connectivity index (χ1n) is 10.8. The van der Waals surface area contributed by atoms with E-state index >= 15 is 0 Å². The van der Waals surface area contributed by atoms with Gasteiger partial charge in [-0.05, 0) is 36.2 Å². The van der Waals surface area contributed by atoms with Gasteiger partial charge in [0, 0.05) is 67.7 Å². The Morgan fingerprint density at radius 2 is 1.84 bits per heavy atom. The van der Waals surface area contributed by atoms with E-state index in [1.165, 1.54) is 5.56 Å². The van der Waals surface area contributed by atoms with Crippen molar-refractivity contribution in [2.75, 3.05) is 42.9 Å². The molecule has 4 aromatic rings. The highest BCUT2D eigenvalue weighted by molar-refractivity contribution is 5.94. The van der Waals surface area contributed by atoms with Gasteiger partial charge in [-0.3, -0.25) is 4.98 Å². The highest BCUT2D eigenvalue weighted by Crippen LogP contribution is 2.30. The van der Waals surface area contributed by atoms with Gasteiger partial charge in [0.15, 0.2) is 0 Å². The van der Waals surface area contributed by atoms with E-state index in [2.05, 4.69) is 68.0 Å². The molecule has 0 bridgehead atoms. The molecule has 0 radical (unpaired) electrons. The van der Waals surface area contributed by atoms with Gasteiger partial charge in [0.2, 0.25) is 0 Å². The van der Waals surface area contributed by atoms with Crippen LogP contribution in [0.1, 0.15) is 5.56 Å². The van der Waals surface area contributed by atoms with Crippen LogP contribution in [-0.4, -0.2) is 47.7 Å². The predicted molar refractivity (Wildman–Crippen MR) is 126 cm³/mol. The molecule has 1 saturated heterocycles. The fraction of sp³-hybridized carbons (Fsp3) is 0.240. The molecule has 0 atom stereocenters. The number of fused-ring (bicyclic) bond motifs is 1. The molecule has 6 nitrogen and oxygen atoms in total. The molecule has 1 aliphatic heterocycles. The second-order valence-corrected chi connectivity index (χ2v) is 7.76. The summed E-state index contributed by atoms with van der Waals surface area (Å²) in [5.74, 6) is 1.90. The number of rotatable bonds is 6. The number of nitrogens with zero attached hydrogens (tertiary/aromatic N) is 4. The quantitative estimate of drug-likeness (QED) is 0.505. The first-order chi connectivity index (χ1) is 15.4. The molecule has 0 unspecified atom stereocenters. The Morgan fingerprint density at radius 3 is 2.71 bits per heavy atom. The van der Waals surface area contributed by atoms with Gasteiger partial charge in [0.05, 0.1) is 5.69 Å². The number of aromatic nitrogens is 3. The number of piperazine rings is 1. The van der Waals surface area contributed by atoms with Crippen molar-refractivity contribution in [3.05, 3.63) is 78.8 Å². The predicted octanol–water partition coefficient (Wildman–Crippen LogP) is 3.76. The number of hydrogen-bond acceptors (Lipinski definition) is 6. The fourth-order valence-electron chi connectivity index (χ4n) is 4.01. The van der Waals surface area contributed by atoms with Gasteiger partial charge >= 0.3 is 0 Å². The molecule has 2 N–H and O–H groups in total. The van der Waals surface area contributed by atoms with Crippen molar-refractivity contribution in [1.29, 1.82) is 0 Å². The molecule has 1 fully saturated rings. The highest BCUT2D eigenvalue weighted by atomic mass is 15.2. The summed E-state index contributed by atoms with van der Waals surface area (Å²) in [6.07, 6.45) is 6.57. The lowest BCUT2D eigenvalue weighted by Gasteiger charge is -2.29. The average Bonchev–Trinajstić information content (AvgIpc) is 2.85. The number of pyridine rings is 3. The molecular formula is C25H26N6. The van der Waals surface area contributed by atoms with Gasteiger partial charge in [-0.1, -0.05) is 30.3 Å². The zero-order valence-corrected chi connectivity index (χ0v) is 17.5. The number of nitrogens with one attached hydrogen (secondary N) is 2. The van der Waals surface area contributed by atoms with Crippen LogP contribution in [-0.2, 0) is 6.42 Å². The molecule has 156 valence electrons. The van der Waals surface area contributed by atoms with Crippen molar-refractivity contribution in [2.24, 2.45) is 0 Å². The maximum Gasteiger partial charge on any atom is 0.137 e. The van der Waals surface area contributed by atoms with Crippen LogP contribution < -0.4 is 15.5 Å². The first kappa shape index (κ1) is 19.5. The normalized spacial score (nSPS) is 14.0. The molecule has 6 heteroatoms. The van der Waals surface area contributed by atoms with Gasteiger partial charge < -0.3 is 15.5 Å². The topological polar surface area (TPSA) is 66.0 Å². The highest BCUT2D eigenvalue weighted by Gasteiger charge is 2.16. The van der Waals surface area contributed by atoms with Crippen LogP contribution in [0.3, 0.4) is 0 Å². The second kappa shape index (κ2) is 9.10. The molecular weight excluding hydrogens is 384 g/mol. The smallest absolute Gasteiger partial charge is 0.137 e. The fourth-order valence-corrected chi connectivity index (χ4v) is 4.01. The lowest BCUT2D eigenvalue weighted by molar-refractivity contribution is 0.586. The van der Waals surface area contributed by atoms with E-state index in [0.29, 0.717) is 0 Å². The molecule has 4 heterocycles. The van der Waals surface area contributed by atoms with Crippen LogP contribution >= 0.6 is 0 Å². The van der Waals surface area contributed by atoms with Gasteiger partial charge in [0.1, 0.15) is 11.6 Å². The largest absolute Gasteiger partial charge is 0.370 e. The number of benzene rings is 1. The van der Waals surface area contributed by atoms with Crippen molar-refractivity contribution in [2.45, 2.75) is 6.42 Å². The van der Waals surface area contributed by atoms with Gasteiger partial charge in [-0.15, -0.1) is 0 Å². The molecule has 1 aliphatic rings. The summed E-state index contributed by atoms with van der Waals surface area (Å²) >= 11 is 0. The Hall–Kier alpha value is -3.51. The Morgan fingerprint density at radius 1 is 0.968 bits per heavy atom. The Bertz CT molecular complexity index is 1150. The van der Waals surface area contributed by atoms with Crippen molar-refractivity contribution in [1.82, 2.24) is 20.3 Å². The van der Waals surface area contributed by atoms with Crippen LogP contribution in [0.15, 0.2) is 73.2 Å². The van der Waals surface area contributed by atoms with Crippen molar-refractivity contribution >= 4 is 22.4 Å². The van der Waals surface area contributed by atoms with Crippen molar-refractivity contribution in [3.8, 4) is 11.3 Å². The number of anilines is 2. The Kier molecular flexibility index (Phi) is 5.71. The van der Waals surface area contributed by atoms with E-state index < -0.39 is 0 Å². The van der Waals surface area contributed by atoms with Gasteiger partial charge in [-0.2, -0.15) is 0 Å². The second-order valence-electron chi connectivity index (χ2n) is 7.76. The molecule has 1 aromatic carbocycles. The lowest BCUT2D eigenvalue weighted by Crippen LogP contribution is -2.44. The van der Waals surface area contributed by atoms with E-state index in [-0.39, 0.29) is 0 Å². The monoisotopic (exact) mass is 410 g/mol. The van der Waals surface area contributed by atoms with Crippen LogP contribution in [0.25, 0.3) is 22.0 Å². The average molecular weight is 411 g/mol. The minimum atomic E-state index is 0.835. The summed E-state index contributed by atoms with van der Waals surface area (Å²) in [5, 5.41) is 9.12.